The van der Waals surface area contributed by atoms with Crippen molar-refractivity contribution in [1.29, 1.82) is 0 Å². The predicted octanol–water partition coefficient (Wildman–Crippen LogP) is 2.96. The van der Waals surface area contributed by atoms with E-state index in [2.05, 4.69) is 5.32 Å². The molecule has 5 nitrogen and oxygen atoms in total. The van der Waals surface area contributed by atoms with Gasteiger partial charge in [-0.2, -0.15) is 0 Å². The second-order valence-corrected chi connectivity index (χ2v) is 5.87. The minimum Gasteiger partial charge on any atom is -0.494 e. The summed E-state index contributed by atoms with van der Waals surface area (Å²) >= 11 is 0. The monoisotopic (exact) mass is 346 g/mol. The van der Waals surface area contributed by atoms with Gasteiger partial charge in [-0.3, -0.25) is 4.79 Å². The molecular formula is C19H23FN2O3. The Bertz CT molecular complexity index is 702. The Morgan fingerprint density at radius 2 is 1.88 bits per heavy atom. The molecule has 0 aliphatic rings. The highest BCUT2D eigenvalue weighted by molar-refractivity contribution is 5.92. The van der Waals surface area contributed by atoms with E-state index < -0.39 is 5.82 Å². The van der Waals surface area contributed by atoms with E-state index in [1.807, 2.05) is 19.0 Å². The summed E-state index contributed by atoms with van der Waals surface area (Å²) < 4.78 is 24.1. The first kappa shape index (κ1) is 18.7. The molecule has 0 fully saturated rings. The number of anilines is 1. The molecule has 0 radical (unpaired) electrons. The summed E-state index contributed by atoms with van der Waals surface area (Å²) in [6.07, 6.45) is 0.0853. The van der Waals surface area contributed by atoms with Gasteiger partial charge in [0.1, 0.15) is 12.4 Å². The molecule has 2 aromatic carbocycles. The summed E-state index contributed by atoms with van der Waals surface area (Å²) in [4.78, 5) is 14.1. The molecule has 25 heavy (non-hydrogen) atoms. The smallest absolute Gasteiger partial charge is 0.228 e. The largest absolute Gasteiger partial charge is 0.494 e. The second kappa shape index (κ2) is 9.03. The van der Waals surface area contributed by atoms with Gasteiger partial charge in [0, 0.05) is 12.2 Å². The Balaban J connectivity index is 1.86. The maximum Gasteiger partial charge on any atom is 0.228 e. The third-order valence-corrected chi connectivity index (χ3v) is 3.53. The summed E-state index contributed by atoms with van der Waals surface area (Å²) in [5.74, 6) is 0.212. The highest BCUT2D eigenvalue weighted by Gasteiger charge is 2.08. The summed E-state index contributed by atoms with van der Waals surface area (Å²) in [6, 6.07) is 11.6. The van der Waals surface area contributed by atoms with Gasteiger partial charge in [0.25, 0.3) is 0 Å². The molecule has 0 spiro atoms. The molecule has 1 amide bonds. The Morgan fingerprint density at radius 1 is 1.16 bits per heavy atom. The van der Waals surface area contributed by atoms with Gasteiger partial charge in [-0.25, -0.2) is 4.39 Å². The average Bonchev–Trinajstić information content (AvgIpc) is 2.56. The zero-order chi connectivity index (χ0) is 18.2. The minimum atomic E-state index is -0.480. The Morgan fingerprint density at radius 3 is 2.48 bits per heavy atom. The maximum atomic E-state index is 13.7. The highest BCUT2D eigenvalue weighted by atomic mass is 19.1. The lowest BCUT2D eigenvalue weighted by Crippen LogP contribution is -2.19. The molecule has 0 saturated heterocycles. The molecule has 0 bridgehead atoms. The topological polar surface area (TPSA) is 50.8 Å². The van der Waals surface area contributed by atoms with Crippen LogP contribution in [0.25, 0.3) is 0 Å². The van der Waals surface area contributed by atoms with Gasteiger partial charge < -0.3 is 19.7 Å². The maximum absolute atomic E-state index is 13.7. The predicted molar refractivity (Wildman–Crippen MR) is 95.8 cm³/mol. The fraction of sp³-hybridized carbons (Fsp3) is 0.316. The molecule has 0 aromatic heterocycles. The van der Waals surface area contributed by atoms with Gasteiger partial charge in [0.2, 0.25) is 5.91 Å². The van der Waals surface area contributed by atoms with Crippen LogP contribution in [-0.4, -0.2) is 45.2 Å². The molecule has 0 saturated carbocycles. The van der Waals surface area contributed by atoms with E-state index in [0.717, 1.165) is 12.3 Å². The van der Waals surface area contributed by atoms with Crippen LogP contribution in [0.15, 0.2) is 42.5 Å². The quantitative estimate of drug-likeness (QED) is 0.798. The molecule has 2 rings (SSSR count). The number of halogens is 1. The van der Waals surface area contributed by atoms with Gasteiger partial charge in [0.15, 0.2) is 11.6 Å². The number of nitrogens with zero attached hydrogens (tertiary/aromatic N) is 1. The SMILES string of the molecule is COc1ccc(CC(=O)Nc2ccc(OCCN(C)C)cc2)cc1F. The number of rotatable bonds is 8. The van der Waals surface area contributed by atoms with Crippen LogP contribution in [0.5, 0.6) is 11.5 Å². The minimum absolute atomic E-state index is 0.0853. The highest BCUT2D eigenvalue weighted by Crippen LogP contribution is 2.19. The molecule has 0 unspecified atom stereocenters. The summed E-state index contributed by atoms with van der Waals surface area (Å²) in [5, 5.41) is 2.78. The van der Waals surface area contributed by atoms with Crippen molar-refractivity contribution in [1.82, 2.24) is 4.90 Å². The zero-order valence-electron chi connectivity index (χ0n) is 14.7. The van der Waals surface area contributed by atoms with Gasteiger partial charge in [0.05, 0.1) is 13.5 Å². The summed E-state index contributed by atoms with van der Waals surface area (Å²) in [6.45, 7) is 1.43. The van der Waals surface area contributed by atoms with Crippen molar-refractivity contribution < 1.29 is 18.7 Å². The van der Waals surface area contributed by atoms with Crippen LogP contribution in [0.1, 0.15) is 5.56 Å². The molecule has 0 atom stereocenters. The lowest BCUT2D eigenvalue weighted by atomic mass is 10.1. The molecular weight excluding hydrogens is 323 g/mol. The first-order valence-corrected chi connectivity index (χ1v) is 7.98. The number of nitrogens with one attached hydrogen (secondary N) is 1. The first-order valence-electron chi connectivity index (χ1n) is 7.98. The van der Waals surface area contributed by atoms with Gasteiger partial charge >= 0.3 is 0 Å². The summed E-state index contributed by atoms with van der Waals surface area (Å²) in [7, 11) is 5.37. The third-order valence-electron chi connectivity index (χ3n) is 3.53. The molecule has 0 aliphatic heterocycles. The van der Waals surface area contributed by atoms with E-state index >= 15 is 0 Å². The Hall–Kier alpha value is -2.60. The Labute approximate surface area is 147 Å². The molecule has 134 valence electrons. The third kappa shape index (κ3) is 6.08. The number of methoxy groups -OCH3 is 1. The number of amides is 1. The van der Waals surface area contributed by atoms with Gasteiger partial charge in [-0.05, 0) is 56.1 Å². The van der Waals surface area contributed by atoms with Crippen LogP contribution < -0.4 is 14.8 Å². The fourth-order valence-corrected chi connectivity index (χ4v) is 2.19. The van der Waals surface area contributed by atoms with E-state index in [4.69, 9.17) is 9.47 Å². The number of hydrogen-bond donors (Lipinski definition) is 1. The van der Waals surface area contributed by atoms with Crippen LogP contribution in [0.4, 0.5) is 10.1 Å². The van der Waals surface area contributed by atoms with Crippen molar-refractivity contribution in [3.05, 3.63) is 53.8 Å². The van der Waals surface area contributed by atoms with E-state index in [1.54, 1.807) is 30.3 Å². The fourth-order valence-electron chi connectivity index (χ4n) is 2.19. The number of ether oxygens (including phenoxy) is 2. The molecule has 1 N–H and O–H groups in total. The van der Waals surface area contributed by atoms with Crippen LogP contribution >= 0.6 is 0 Å². The van der Waals surface area contributed by atoms with Crippen LogP contribution in [0.2, 0.25) is 0 Å². The van der Waals surface area contributed by atoms with Crippen LogP contribution in [0.3, 0.4) is 0 Å². The zero-order valence-corrected chi connectivity index (χ0v) is 14.7. The summed E-state index contributed by atoms with van der Waals surface area (Å²) in [5.41, 5.74) is 1.25. The molecule has 6 heteroatoms. The molecule has 0 heterocycles. The first-order chi connectivity index (χ1) is 12.0. The van der Waals surface area contributed by atoms with Crippen LogP contribution in [-0.2, 0) is 11.2 Å². The number of likely N-dealkylation sites (N-methyl/N-ethyl adjacent to an activating group) is 1. The van der Waals surface area contributed by atoms with Crippen molar-refractivity contribution in [2.24, 2.45) is 0 Å². The van der Waals surface area contributed by atoms with Crippen molar-refractivity contribution in [2.45, 2.75) is 6.42 Å². The van der Waals surface area contributed by atoms with Crippen molar-refractivity contribution in [2.75, 3.05) is 39.7 Å². The van der Waals surface area contributed by atoms with Gasteiger partial charge in [-0.15, -0.1) is 0 Å². The number of carbonyl (C=O) groups excluding carboxylic acids is 1. The van der Waals surface area contributed by atoms with E-state index in [-0.39, 0.29) is 18.1 Å². The van der Waals surface area contributed by atoms with Crippen LogP contribution in [0, 0.1) is 5.82 Å². The molecule has 0 aliphatic carbocycles. The van der Waals surface area contributed by atoms with E-state index in [9.17, 15) is 9.18 Å². The lowest BCUT2D eigenvalue weighted by molar-refractivity contribution is -0.115. The van der Waals surface area contributed by atoms with E-state index in [1.165, 1.54) is 19.2 Å². The van der Waals surface area contributed by atoms with Gasteiger partial charge in [-0.1, -0.05) is 6.07 Å². The standard InChI is InChI=1S/C19H23FN2O3/c1-22(2)10-11-25-16-7-5-15(6-8-16)21-19(23)13-14-4-9-18(24-3)17(20)12-14/h4-9,12H,10-11,13H2,1-3H3,(H,21,23). The number of carbonyl (C=O) groups is 1. The normalized spacial score (nSPS) is 10.6. The van der Waals surface area contributed by atoms with Crippen molar-refractivity contribution in [3.8, 4) is 11.5 Å². The Kier molecular flexibility index (Phi) is 6.77. The lowest BCUT2D eigenvalue weighted by Gasteiger charge is -2.11. The van der Waals surface area contributed by atoms with E-state index in [0.29, 0.717) is 17.9 Å². The second-order valence-electron chi connectivity index (χ2n) is 5.87. The number of hydrogen-bond acceptors (Lipinski definition) is 4. The van der Waals surface area contributed by atoms with Crippen molar-refractivity contribution >= 4 is 11.6 Å². The average molecular weight is 346 g/mol. The van der Waals surface area contributed by atoms with Crippen molar-refractivity contribution in [3.63, 3.8) is 0 Å². The number of benzene rings is 2. The molecule has 2 aromatic rings.